The topological polar surface area (TPSA) is 101 Å². The summed E-state index contributed by atoms with van der Waals surface area (Å²) in [6.07, 6.45) is 1.76. The molecule has 0 radical (unpaired) electrons. The van der Waals surface area contributed by atoms with Crippen LogP contribution in [0.15, 0.2) is 66.9 Å². The zero-order valence-electron chi connectivity index (χ0n) is 16.3. The standard InChI is InChI=1S/C24H18N6/c1-16-9-18(14-26)5-6-22(16)19-7-8-27-24(11-19)28-15-21-12-23(30-29-21)20-4-2-3-17(10-20)13-25/h2-12H,15H2,1H3,(H,27,28)(H,29,30). The molecule has 6 nitrogen and oxygen atoms in total. The lowest BCUT2D eigenvalue weighted by atomic mass is 9.99. The third-order valence-corrected chi connectivity index (χ3v) is 4.81. The molecule has 0 saturated heterocycles. The summed E-state index contributed by atoms with van der Waals surface area (Å²) in [7, 11) is 0. The number of aromatic amines is 1. The number of H-pyrrole nitrogens is 1. The van der Waals surface area contributed by atoms with Crippen molar-refractivity contribution in [3.05, 3.63) is 89.2 Å². The third kappa shape index (κ3) is 4.04. The van der Waals surface area contributed by atoms with Crippen LogP contribution in [0.2, 0.25) is 0 Å². The summed E-state index contributed by atoms with van der Waals surface area (Å²) < 4.78 is 0. The summed E-state index contributed by atoms with van der Waals surface area (Å²) in [4.78, 5) is 4.39. The molecule has 0 atom stereocenters. The average molecular weight is 390 g/mol. The van der Waals surface area contributed by atoms with Gasteiger partial charge in [-0.2, -0.15) is 15.6 Å². The van der Waals surface area contributed by atoms with Gasteiger partial charge in [0.05, 0.1) is 41.2 Å². The van der Waals surface area contributed by atoms with Crippen LogP contribution < -0.4 is 5.32 Å². The molecule has 2 aromatic heterocycles. The van der Waals surface area contributed by atoms with Gasteiger partial charge in [0.1, 0.15) is 5.82 Å². The van der Waals surface area contributed by atoms with Gasteiger partial charge in [-0.05, 0) is 66.1 Å². The number of hydrogen-bond donors (Lipinski definition) is 2. The van der Waals surface area contributed by atoms with Crippen LogP contribution in [0.3, 0.4) is 0 Å². The van der Waals surface area contributed by atoms with E-state index in [4.69, 9.17) is 10.5 Å². The minimum Gasteiger partial charge on any atom is -0.364 e. The molecule has 0 fully saturated rings. The maximum absolute atomic E-state index is 9.07. The van der Waals surface area contributed by atoms with Gasteiger partial charge < -0.3 is 5.32 Å². The van der Waals surface area contributed by atoms with E-state index in [1.807, 2.05) is 61.5 Å². The van der Waals surface area contributed by atoms with Crippen molar-refractivity contribution in [3.63, 3.8) is 0 Å². The van der Waals surface area contributed by atoms with E-state index in [-0.39, 0.29) is 0 Å². The Balaban J connectivity index is 1.49. The van der Waals surface area contributed by atoms with E-state index in [9.17, 15) is 0 Å². The molecule has 2 N–H and O–H groups in total. The summed E-state index contributed by atoms with van der Waals surface area (Å²) in [6, 6.07) is 23.3. The van der Waals surface area contributed by atoms with Gasteiger partial charge in [0, 0.05) is 11.8 Å². The van der Waals surface area contributed by atoms with E-state index in [1.54, 1.807) is 12.3 Å². The summed E-state index contributed by atoms with van der Waals surface area (Å²) in [6.45, 7) is 2.51. The zero-order chi connectivity index (χ0) is 20.9. The molecule has 2 aromatic carbocycles. The highest BCUT2D eigenvalue weighted by Gasteiger charge is 2.07. The van der Waals surface area contributed by atoms with Crippen molar-refractivity contribution >= 4 is 5.82 Å². The molecule has 30 heavy (non-hydrogen) atoms. The zero-order valence-corrected chi connectivity index (χ0v) is 16.3. The number of aromatic nitrogens is 3. The molecule has 0 aliphatic rings. The normalized spacial score (nSPS) is 10.2. The highest BCUT2D eigenvalue weighted by molar-refractivity contribution is 5.70. The number of hydrogen-bond acceptors (Lipinski definition) is 5. The van der Waals surface area contributed by atoms with Crippen LogP contribution in [0, 0.1) is 29.6 Å². The van der Waals surface area contributed by atoms with E-state index in [1.165, 1.54) is 0 Å². The number of nitrogens with one attached hydrogen (secondary N) is 2. The third-order valence-electron chi connectivity index (χ3n) is 4.81. The Kier molecular flexibility index (Phi) is 5.23. The first kappa shape index (κ1) is 18.9. The maximum Gasteiger partial charge on any atom is 0.126 e. The number of nitriles is 2. The van der Waals surface area contributed by atoms with Crippen LogP contribution in [0.25, 0.3) is 22.4 Å². The van der Waals surface area contributed by atoms with Crippen molar-refractivity contribution in [2.24, 2.45) is 0 Å². The summed E-state index contributed by atoms with van der Waals surface area (Å²) in [5, 5.41) is 28.8. The number of pyridine rings is 1. The van der Waals surface area contributed by atoms with Crippen molar-refractivity contribution < 1.29 is 0 Å². The first-order chi connectivity index (χ1) is 14.7. The highest BCUT2D eigenvalue weighted by Crippen LogP contribution is 2.26. The highest BCUT2D eigenvalue weighted by atomic mass is 15.1. The molecule has 144 valence electrons. The Morgan fingerprint density at radius 2 is 1.77 bits per heavy atom. The minimum absolute atomic E-state index is 0.511. The molecule has 0 spiro atoms. The summed E-state index contributed by atoms with van der Waals surface area (Å²) in [5.74, 6) is 0.743. The predicted molar refractivity (Wildman–Crippen MR) is 115 cm³/mol. The average Bonchev–Trinajstić information content (AvgIpc) is 3.27. The van der Waals surface area contributed by atoms with E-state index < -0.39 is 0 Å². The van der Waals surface area contributed by atoms with Crippen LogP contribution >= 0.6 is 0 Å². The van der Waals surface area contributed by atoms with Gasteiger partial charge in [0.2, 0.25) is 0 Å². The van der Waals surface area contributed by atoms with Gasteiger partial charge in [-0.15, -0.1) is 0 Å². The van der Waals surface area contributed by atoms with Crippen LogP contribution in [-0.2, 0) is 6.54 Å². The molecule has 0 saturated carbocycles. The molecule has 0 bridgehead atoms. The largest absolute Gasteiger partial charge is 0.364 e. The molecule has 0 amide bonds. The van der Waals surface area contributed by atoms with E-state index in [0.717, 1.165) is 39.5 Å². The Morgan fingerprint density at radius 1 is 0.933 bits per heavy atom. The monoisotopic (exact) mass is 390 g/mol. The molecular formula is C24H18N6. The smallest absolute Gasteiger partial charge is 0.126 e. The van der Waals surface area contributed by atoms with Crippen molar-refractivity contribution in [3.8, 4) is 34.5 Å². The molecule has 0 unspecified atom stereocenters. The van der Waals surface area contributed by atoms with Gasteiger partial charge >= 0.3 is 0 Å². The lowest BCUT2D eigenvalue weighted by Gasteiger charge is -2.09. The Bertz CT molecular complexity index is 1290. The number of aryl methyl sites for hydroxylation is 1. The summed E-state index contributed by atoms with van der Waals surface area (Å²) in [5.41, 5.74) is 7.03. The molecular weight excluding hydrogens is 372 g/mol. The van der Waals surface area contributed by atoms with E-state index >= 15 is 0 Å². The first-order valence-electron chi connectivity index (χ1n) is 9.42. The maximum atomic E-state index is 9.07. The number of nitrogens with zero attached hydrogens (tertiary/aromatic N) is 4. The van der Waals surface area contributed by atoms with Crippen molar-refractivity contribution in [1.29, 1.82) is 10.5 Å². The fourth-order valence-electron chi connectivity index (χ4n) is 3.29. The second kappa shape index (κ2) is 8.30. The lowest BCUT2D eigenvalue weighted by Crippen LogP contribution is -2.01. The van der Waals surface area contributed by atoms with Crippen LogP contribution in [0.4, 0.5) is 5.82 Å². The van der Waals surface area contributed by atoms with Gasteiger partial charge in [-0.3, -0.25) is 5.10 Å². The molecule has 4 aromatic rings. The number of anilines is 1. The van der Waals surface area contributed by atoms with Crippen LogP contribution in [0.1, 0.15) is 22.4 Å². The van der Waals surface area contributed by atoms with Gasteiger partial charge in [0.25, 0.3) is 0 Å². The quantitative estimate of drug-likeness (QED) is 0.509. The second-order valence-corrected chi connectivity index (χ2v) is 6.89. The lowest BCUT2D eigenvalue weighted by molar-refractivity contribution is 0.976. The molecule has 2 heterocycles. The first-order valence-corrected chi connectivity index (χ1v) is 9.42. The molecule has 4 rings (SSSR count). The van der Waals surface area contributed by atoms with Crippen molar-refractivity contribution in [1.82, 2.24) is 15.2 Å². The SMILES string of the molecule is Cc1cc(C#N)ccc1-c1ccnc(NCc2cc(-c3cccc(C#N)c3)[nH]n2)c1. The van der Waals surface area contributed by atoms with Crippen LogP contribution in [0.5, 0.6) is 0 Å². The fourth-order valence-corrected chi connectivity index (χ4v) is 3.29. The Labute approximate surface area is 174 Å². The Morgan fingerprint density at radius 3 is 2.57 bits per heavy atom. The fraction of sp³-hybridized carbons (Fsp3) is 0.0833. The number of benzene rings is 2. The van der Waals surface area contributed by atoms with Gasteiger partial charge in [-0.1, -0.05) is 18.2 Å². The van der Waals surface area contributed by atoms with Crippen molar-refractivity contribution in [2.45, 2.75) is 13.5 Å². The molecule has 0 aliphatic carbocycles. The van der Waals surface area contributed by atoms with E-state index in [0.29, 0.717) is 17.7 Å². The predicted octanol–water partition coefficient (Wildman–Crippen LogP) is 4.80. The molecule has 6 heteroatoms. The second-order valence-electron chi connectivity index (χ2n) is 6.89. The number of rotatable bonds is 5. The Hall–Kier alpha value is -4.42. The van der Waals surface area contributed by atoms with Crippen LogP contribution in [-0.4, -0.2) is 15.2 Å². The van der Waals surface area contributed by atoms with Gasteiger partial charge in [-0.25, -0.2) is 4.98 Å². The molecule has 0 aliphatic heterocycles. The van der Waals surface area contributed by atoms with Gasteiger partial charge in [0.15, 0.2) is 0 Å². The van der Waals surface area contributed by atoms with Crippen molar-refractivity contribution in [2.75, 3.05) is 5.32 Å². The van der Waals surface area contributed by atoms with E-state index in [2.05, 4.69) is 32.6 Å². The summed E-state index contributed by atoms with van der Waals surface area (Å²) >= 11 is 0. The minimum atomic E-state index is 0.511.